The van der Waals surface area contributed by atoms with Gasteiger partial charge < -0.3 is 10.2 Å². The fourth-order valence-corrected chi connectivity index (χ4v) is 2.55. The molecule has 1 rings (SSSR count). The fraction of sp³-hybridized carbons (Fsp3) is 0.455. The van der Waals surface area contributed by atoms with E-state index >= 15 is 0 Å². The van der Waals surface area contributed by atoms with E-state index in [0.29, 0.717) is 5.56 Å². The molecule has 90 valence electrons. The van der Waals surface area contributed by atoms with Crippen molar-refractivity contribution in [3.8, 4) is 5.75 Å². The van der Waals surface area contributed by atoms with E-state index in [0.717, 1.165) is 6.26 Å². The van der Waals surface area contributed by atoms with Gasteiger partial charge in [-0.25, -0.2) is 8.42 Å². The number of rotatable bonds is 2. The summed E-state index contributed by atoms with van der Waals surface area (Å²) in [5.74, 6) is -0.0236. The maximum absolute atomic E-state index is 11.6. The van der Waals surface area contributed by atoms with Crippen LogP contribution in [0.3, 0.4) is 0 Å². The van der Waals surface area contributed by atoms with Crippen molar-refractivity contribution in [2.24, 2.45) is 0 Å². The molecule has 0 saturated carbocycles. The van der Waals surface area contributed by atoms with Crippen LogP contribution in [0.4, 0.5) is 0 Å². The first-order valence-electron chi connectivity index (χ1n) is 4.80. The van der Waals surface area contributed by atoms with Gasteiger partial charge in [-0.05, 0) is 38.5 Å². The largest absolute Gasteiger partial charge is 0.508 e. The van der Waals surface area contributed by atoms with Crippen LogP contribution in [-0.2, 0) is 15.4 Å². The first kappa shape index (κ1) is 13.0. The van der Waals surface area contributed by atoms with Crippen molar-refractivity contribution in [3.63, 3.8) is 0 Å². The van der Waals surface area contributed by atoms with E-state index in [4.69, 9.17) is 0 Å². The van der Waals surface area contributed by atoms with E-state index in [1.54, 1.807) is 6.92 Å². The number of sulfone groups is 1. The molecule has 1 aromatic rings. The number of aryl methyl sites for hydroxylation is 1. The van der Waals surface area contributed by atoms with Crippen LogP contribution in [0.5, 0.6) is 5.75 Å². The lowest BCUT2D eigenvalue weighted by atomic mass is 9.97. The minimum absolute atomic E-state index is 0.0236. The second kappa shape index (κ2) is 3.75. The summed E-state index contributed by atoms with van der Waals surface area (Å²) in [6.45, 7) is 4.57. The Balaban J connectivity index is 3.66. The fourth-order valence-electron chi connectivity index (χ4n) is 1.45. The maximum atomic E-state index is 11.6. The molecule has 16 heavy (non-hydrogen) atoms. The van der Waals surface area contributed by atoms with Gasteiger partial charge in [0.1, 0.15) is 5.75 Å². The van der Waals surface area contributed by atoms with Gasteiger partial charge in [0, 0.05) is 11.8 Å². The molecule has 0 spiro atoms. The summed E-state index contributed by atoms with van der Waals surface area (Å²) in [4.78, 5) is 0.0512. The Morgan fingerprint density at radius 2 is 1.75 bits per heavy atom. The third kappa shape index (κ3) is 2.54. The lowest BCUT2D eigenvalue weighted by Crippen LogP contribution is -2.19. The third-order valence-corrected chi connectivity index (χ3v) is 3.49. The third-order valence-electron chi connectivity index (χ3n) is 2.36. The summed E-state index contributed by atoms with van der Waals surface area (Å²) in [5.41, 5.74) is -0.643. The van der Waals surface area contributed by atoms with Gasteiger partial charge >= 0.3 is 0 Å². The second-order valence-electron chi connectivity index (χ2n) is 4.47. The van der Waals surface area contributed by atoms with E-state index < -0.39 is 15.4 Å². The summed E-state index contributed by atoms with van der Waals surface area (Å²) in [6.07, 6.45) is 1.08. The molecule has 1 aromatic carbocycles. The standard InChI is InChI=1S/C11H16O4S/c1-7-5-10(16(4,14)15)8(6-9(7)12)11(2,3)13/h5-6,12-13H,1-4H3. The molecule has 0 unspecified atom stereocenters. The number of aromatic hydroxyl groups is 1. The predicted molar refractivity (Wildman–Crippen MR) is 61.2 cm³/mol. The summed E-state index contributed by atoms with van der Waals surface area (Å²) >= 11 is 0. The quantitative estimate of drug-likeness (QED) is 0.823. The first-order valence-corrected chi connectivity index (χ1v) is 6.69. The van der Waals surface area contributed by atoms with Crippen LogP contribution in [0, 0.1) is 6.92 Å². The van der Waals surface area contributed by atoms with Crippen LogP contribution in [-0.4, -0.2) is 24.9 Å². The van der Waals surface area contributed by atoms with Gasteiger partial charge in [-0.15, -0.1) is 0 Å². The molecular formula is C11H16O4S. The normalized spacial score (nSPS) is 12.8. The summed E-state index contributed by atoms with van der Waals surface area (Å²) in [6, 6.07) is 2.67. The molecule has 0 fully saturated rings. The number of benzene rings is 1. The van der Waals surface area contributed by atoms with Crippen LogP contribution < -0.4 is 0 Å². The van der Waals surface area contributed by atoms with Gasteiger partial charge in [0.25, 0.3) is 0 Å². The smallest absolute Gasteiger partial charge is 0.175 e. The van der Waals surface area contributed by atoms with E-state index in [1.165, 1.54) is 26.0 Å². The first-order chi connectivity index (χ1) is 7.03. The average Bonchev–Trinajstić information content (AvgIpc) is 2.05. The van der Waals surface area contributed by atoms with Crippen molar-refractivity contribution in [1.29, 1.82) is 0 Å². The molecule has 0 aliphatic heterocycles. The molecule has 0 aromatic heterocycles. The van der Waals surface area contributed by atoms with Crippen LogP contribution in [0.15, 0.2) is 17.0 Å². The highest BCUT2D eigenvalue weighted by Crippen LogP contribution is 2.32. The molecule has 5 heteroatoms. The van der Waals surface area contributed by atoms with Crippen molar-refractivity contribution < 1.29 is 18.6 Å². The predicted octanol–water partition coefficient (Wildman–Crippen LogP) is 1.33. The molecular weight excluding hydrogens is 228 g/mol. The maximum Gasteiger partial charge on any atom is 0.175 e. The summed E-state index contributed by atoms with van der Waals surface area (Å²) in [7, 11) is -3.43. The second-order valence-corrected chi connectivity index (χ2v) is 6.45. The molecule has 0 saturated heterocycles. The van der Waals surface area contributed by atoms with Crippen LogP contribution in [0.2, 0.25) is 0 Å². The van der Waals surface area contributed by atoms with E-state index in [-0.39, 0.29) is 16.2 Å². The van der Waals surface area contributed by atoms with Gasteiger partial charge in [-0.1, -0.05) is 0 Å². The Morgan fingerprint density at radius 1 is 1.25 bits per heavy atom. The molecule has 0 heterocycles. The number of phenols is 1. The number of hydrogen-bond acceptors (Lipinski definition) is 4. The summed E-state index contributed by atoms with van der Waals surface area (Å²) < 4.78 is 23.1. The molecule has 2 N–H and O–H groups in total. The zero-order chi connectivity index (χ0) is 12.7. The minimum Gasteiger partial charge on any atom is -0.508 e. The van der Waals surface area contributed by atoms with E-state index in [2.05, 4.69) is 0 Å². The molecule has 0 radical (unpaired) electrons. The molecule has 0 amide bonds. The SMILES string of the molecule is Cc1cc(S(C)(=O)=O)c(C(C)(C)O)cc1O. The van der Waals surface area contributed by atoms with Gasteiger partial charge in [0.05, 0.1) is 10.5 Å². The van der Waals surface area contributed by atoms with Crippen LogP contribution in [0.25, 0.3) is 0 Å². The molecule has 0 aliphatic carbocycles. The monoisotopic (exact) mass is 244 g/mol. The van der Waals surface area contributed by atoms with Crippen molar-refractivity contribution in [3.05, 3.63) is 23.3 Å². The summed E-state index contributed by atoms with van der Waals surface area (Å²) in [5, 5.41) is 19.4. The van der Waals surface area contributed by atoms with Crippen molar-refractivity contribution in [1.82, 2.24) is 0 Å². The Labute approximate surface area is 95.5 Å². The molecule has 4 nitrogen and oxygen atoms in total. The average molecular weight is 244 g/mol. The highest BCUT2D eigenvalue weighted by atomic mass is 32.2. The van der Waals surface area contributed by atoms with Crippen molar-refractivity contribution in [2.45, 2.75) is 31.3 Å². The zero-order valence-electron chi connectivity index (χ0n) is 9.77. The van der Waals surface area contributed by atoms with Crippen LogP contribution in [0.1, 0.15) is 25.0 Å². The highest BCUT2D eigenvalue weighted by Gasteiger charge is 2.26. The Hall–Kier alpha value is -1.07. The number of hydrogen-bond donors (Lipinski definition) is 2. The lowest BCUT2D eigenvalue weighted by molar-refractivity contribution is 0.0752. The number of aliphatic hydroxyl groups is 1. The van der Waals surface area contributed by atoms with Crippen molar-refractivity contribution >= 4 is 9.84 Å². The van der Waals surface area contributed by atoms with Gasteiger partial charge in [0.15, 0.2) is 9.84 Å². The van der Waals surface area contributed by atoms with Crippen molar-refractivity contribution in [2.75, 3.05) is 6.26 Å². The Bertz CT molecular complexity index is 510. The molecule has 0 bridgehead atoms. The lowest BCUT2D eigenvalue weighted by Gasteiger charge is -2.21. The van der Waals surface area contributed by atoms with E-state index in [9.17, 15) is 18.6 Å². The Morgan fingerprint density at radius 3 is 2.12 bits per heavy atom. The Kier molecular flexibility index (Phi) is 3.04. The van der Waals surface area contributed by atoms with Gasteiger partial charge in [0.2, 0.25) is 0 Å². The van der Waals surface area contributed by atoms with Gasteiger partial charge in [-0.3, -0.25) is 0 Å². The van der Waals surface area contributed by atoms with E-state index in [1.807, 2.05) is 0 Å². The van der Waals surface area contributed by atoms with Gasteiger partial charge in [-0.2, -0.15) is 0 Å². The minimum atomic E-state index is -3.43. The highest BCUT2D eigenvalue weighted by molar-refractivity contribution is 7.90. The molecule has 0 aliphatic rings. The van der Waals surface area contributed by atoms with Crippen LogP contribution >= 0.6 is 0 Å². The topological polar surface area (TPSA) is 74.6 Å². The molecule has 0 atom stereocenters. The zero-order valence-corrected chi connectivity index (χ0v) is 10.6. The number of phenolic OH excluding ortho intramolecular Hbond substituents is 1.